The summed E-state index contributed by atoms with van der Waals surface area (Å²) in [7, 11) is 4.45. The molecule has 2 aliphatic rings. The second kappa shape index (κ2) is 8.06. The van der Waals surface area contributed by atoms with Crippen LogP contribution in [0.2, 0.25) is 0 Å². The van der Waals surface area contributed by atoms with Crippen molar-refractivity contribution in [3.63, 3.8) is 0 Å². The van der Waals surface area contributed by atoms with Crippen molar-refractivity contribution in [3.05, 3.63) is 78.6 Å². The maximum atomic E-state index is 4.63. The maximum absolute atomic E-state index is 4.63. The van der Waals surface area contributed by atoms with Gasteiger partial charge in [0.05, 0.1) is 24.7 Å². The Kier molecular flexibility index (Phi) is 5.24. The summed E-state index contributed by atoms with van der Waals surface area (Å²) in [6.45, 7) is 1.87. The molecule has 0 atom stereocenters. The van der Waals surface area contributed by atoms with Crippen LogP contribution in [0, 0.1) is 0 Å². The van der Waals surface area contributed by atoms with E-state index in [4.69, 9.17) is 0 Å². The molecule has 1 aromatic heterocycles. The van der Waals surface area contributed by atoms with Crippen LogP contribution in [-0.4, -0.2) is 47.7 Å². The van der Waals surface area contributed by atoms with Gasteiger partial charge in [0, 0.05) is 23.2 Å². The molecule has 5 nitrogen and oxygen atoms in total. The van der Waals surface area contributed by atoms with E-state index in [1.165, 1.54) is 18.4 Å². The Balaban J connectivity index is 1.29. The third-order valence-corrected chi connectivity index (χ3v) is 7.38. The first-order valence-corrected chi connectivity index (χ1v) is 11.2. The van der Waals surface area contributed by atoms with E-state index in [1.807, 2.05) is 42.7 Å². The van der Waals surface area contributed by atoms with Gasteiger partial charge in [0.25, 0.3) is 0 Å². The van der Waals surface area contributed by atoms with Crippen molar-refractivity contribution < 1.29 is 0 Å². The Bertz CT molecular complexity index is 993. The lowest BCUT2D eigenvalue weighted by molar-refractivity contribution is 0.0646. The molecular formula is C26H31N5. The molecule has 1 aliphatic heterocycles. The summed E-state index contributed by atoms with van der Waals surface area (Å²) in [6, 6.07) is 21.2. The summed E-state index contributed by atoms with van der Waals surface area (Å²) in [4.78, 5) is 14.1. The molecule has 0 radical (unpaired) electrons. The molecule has 160 valence electrons. The number of nitrogens with one attached hydrogen (secondary N) is 1. The second-order valence-electron chi connectivity index (χ2n) is 9.24. The second-order valence-corrected chi connectivity index (χ2v) is 9.24. The lowest BCUT2D eigenvalue weighted by Gasteiger charge is -2.49. The van der Waals surface area contributed by atoms with Crippen LogP contribution in [0.1, 0.15) is 31.2 Å². The highest BCUT2D eigenvalue weighted by atomic mass is 15.3. The van der Waals surface area contributed by atoms with Crippen molar-refractivity contribution in [2.45, 2.75) is 36.8 Å². The molecule has 0 amide bonds. The summed E-state index contributed by atoms with van der Waals surface area (Å²) >= 11 is 0. The number of hydrogen-bond acceptors (Lipinski definition) is 5. The van der Waals surface area contributed by atoms with Crippen molar-refractivity contribution >= 4 is 5.69 Å². The minimum Gasteiger partial charge on any atom is -0.354 e. The van der Waals surface area contributed by atoms with Crippen LogP contribution in [0.5, 0.6) is 0 Å². The minimum absolute atomic E-state index is 0.127. The molecule has 1 aliphatic carbocycles. The highest BCUT2D eigenvalue weighted by molar-refractivity contribution is 5.56. The lowest BCUT2D eigenvalue weighted by atomic mass is 9.69. The van der Waals surface area contributed by atoms with Crippen LogP contribution < -0.4 is 10.2 Å². The molecule has 5 rings (SSSR count). The zero-order chi connectivity index (χ0) is 21.3. The van der Waals surface area contributed by atoms with Crippen LogP contribution in [0.4, 0.5) is 5.69 Å². The third kappa shape index (κ3) is 3.73. The van der Waals surface area contributed by atoms with Gasteiger partial charge in [0.15, 0.2) is 5.82 Å². The molecule has 2 aromatic carbocycles. The third-order valence-electron chi connectivity index (χ3n) is 7.38. The molecule has 5 heteroatoms. The van der Waals surface area contributed by atoms with Gasteiger partial charge in [-0.2, -0.15) is 0 Å². The van der Waals surface area contributed by atoms with E-state index in [2.05, 4.69) is 69.5 Å². The molecule has 3 aromatic rings. The Morgan fingerprint density at radius 3 is 2.06 bits per heavy atom. The predicted octanol–water partition coefficient (Wildman–Crippen LogP) is 4.28. The van der Waals surface area contributed by atoms with E-state index in [9.17, 15) is 0 Å². The van der Waals surface area contributed by atoms with Crippen molar-refractivity contribution in [3.8, 4) is 11.4 Å². The van der Waals surface area contributed by atoms with E-state index in [0.29, 0.717) is 0 Å². The summed E-state index contributed by atoms with van der Waals surface area (Å²) in [5.41, 5.74) is 3.89. The van der Waals surface area contributed by atoms with Crippen LogP contribution >= 0.6 is 0 Å². The summed E-state index contributed by atoms with van der Waals surface area (Å²) in [5.74, 6) is 0.780. The van der Waals surface area contributed by atoms with Crippen LogP contribution in [0.25, 0.3) is 11.4 Å². The fraction of sp³-hybridized carbons (Fsp3) is 0.385. The fourth-order valence-electron chi connectivity index (χ4n) is 5.36. The zero-order valence-electron chi connectivity index (χ0n) is 18.5. The Hall–Kier alpha value is -2.76. The van der Waals surface area contributed by atoms with Gasteiger partial charge in [-0.3, -0.25) is 10.2 Å². The first-order chi connectivity index (χ1) is 15.1. The Morgan fingerprint density at radius 2 is 1.45 bits per heavy atom. The topological polar surface area (TPSA) is 44.3 Å². The number of rotatable bonds is 4. The van der Waals surface area contributed by atoms with E-state index < -0.39 is 0 Å². The molecule has 31 heavy (non-hydrogen) atoms. The average Bonchev–Trinajstić information content (AvgIpc) is 3.24. The summed E-state index contributed by atoms with van der Waals surface area (Å²) < 4.78 is 0. The fourth-order valence-corrected chi connectivity index (χ4v) is 5.36. The molecule has 2 heterocycles. The van der Waals surface area contributed by atoms with Gasteiger partial charge >= 0.3 is 0 Å². The molecular weight excluding hydrogens is 382 g/mol. The number of nitrogens with zero attached hydrogens (tertiary/aromatic N) is 4. The minimum atomic E-state index is 0.127. The number of hydrogen-bond donors (Lipinski definition) is 1. The van der Waals surface area contributed by atoms with Gasteiger partial charge in [-0.05, 0) is 45.3 Å². The van der Waals surface area contributed by atoms with Crippen LogP contribution in [-0.2, 0) is 5.54 Å². The summed E-state index contributed by atoms with van der Waals surface area (Å²) in [6.07, 6.45) is 8.58. The first kappa shape index (κ1) is 20.2. The Labute approximate surface area is 185 Å². The van der Waals surface area contributed by atoms with E-state index >= 15 is 0 Å². The zero-order valence-corrected chi connectivity index (χ0v) is 18.5. The van der Waals surface area contributed by atoms with Gasteiger partial charge in [0.1, 0.15) is 0 Å². The molecule has 1 spiro atoms. The quantitative estimate of drug-likeness (QED) is 0.692. The molecule has 2 fully saturated rings. The van der Waals surface area contributed by atoms with Crippen LogP contribution in [0.3, 0.4) is 0 Å². The lowest BCUT2D eigenvalue weighted by Crippen LogP contribution is -2.53. The predicted molar refractivity (Wildman–Crippen MR) is 126 cm³/mol. The summed E-state index contributed by atoms with van der Waals surface area (Å²) in [5, 5.41) is 3.85. The highest BCUT2D eigenvalue weighted by Gasteiger charge is 2.47. The van der Waals surface area contributed by atoms with E-state index in [1.54, 1.807) is 0 Å². The standard InChI is InChI=1S/C26H31N5/c1-30(2)26(22-11-7-4-8-12-22)15-13-25(14-16-26)19-31(20-29-25)23-17-27-24(28-18-23)21-9-5-3-6-10-21/h3-12,17-18,29H,13-16,19-20H2,1-2H3/t25-,26+. The molecule has 1 saturated heterocycles. The number of aromatic nitrogens is 2. The number of anilines is 1. The molecule has 0 bridgehead atoms. The van der Waals surface area contributed by atoms with Crippen molar-refractivity contribution in [1.29, 1.82) is 0 Å². The maximum Gasteiger partial charge on any atom is 0.159 e. The van der Waals surface area contributed by atoms with Gasteiger partial charge < -0.3 is 4.90 Å². The van der Waals surface area contributed by atoms with Gasteiger partial charge in [-0.15, -0.1) is 0 Å². The van der Waals surface area contributed by atoms with Crippen molar-refractivity contribution in [2.24, 2.45) is 0 Å². The molecule has 0 unspecified atom stereocenters. The highest BCUT2D eigenvalue weighted by Crippen LogP contribution is 2.46. The normalized spacial score (nSPS) is 26.0. The first-order valence-electron chi connectivity index (χ1n) is 11.2. The molecule has 1 N–H and O–H groups in total. The van der Waals surface area contributed by atoms with Gasteiger partial charge in [0.2, 0.25) is 0 Å². The largest absolute Gasteiger partial charge is 0.354 e. The van der Waals surface area contributed by atoms with Crippen molar-refractivity contribution in [1.82, 2.24) is 20.2 Å². The van der Waals surface area contributed by atoms with Crippen molar-refractivity contribution in [2.75, 3.05) is 32.2 Å². The van der Waals surface area contributed by atoms with Crippen LogP contribution in [0.15, 0.2) is 73.1 Å². The smallest absolute Gasteiger partial charge is 0.159 e. The van der Waals surface area contributed by atoms with E-state index in [-0.39, 0.29) is 11.1 Å². The van der Waals surface area contributed by atoms with Gasteiger partial charge in [-0.25, -0.2) is 9.97 Å². The average molecular weight is 414 g/mol. The van der Waals surface area contributed by atoms with E-state index in [0.717, 1.165) is 43.1 Å². The molecule has 1 saturated carbocycles. The van der Waals surface area contributed by atoms with Gasteiger partial charge in [-0.1, -0.05) is 60.7 Å². The Morgan fingerprint density at radius 1 is 0.839 bits per heavy atom. The monoisotopic (exact) mass is 413 g/mol. The number of benzene rings is 2. The SMILES string of the molecule is CN(C)[C@]1(c2ccccc2)CC[C@]2(CC1)CN(c1cnc(-c3ccccc3)nc1)CN2.